The summed E-state index contributed by atoms with van der Waals surface area (Å²) in [6.07, 6.45) is 5.43. The maximum Gasteiger partial charge on any atom is 0.223 e. The standard InChI is InChI=1S/C27H38FN7O/c28-23-6-2-3-7-24(23)33-20-18-32(19-21-33)17-12-29-27(36)22-10-15-35(16-11-22)26-9-8-25(30-31-26)34-13-4-1-5-14-34/h2-3,6-9,22H,1,4-5,10-21H2,(H,29,36). The zero-order valence-corrected chi connectivity index (χ0v) is 21.1. The Labute approximate surface area is 213 Å². The summed E-state index contributed by atoms with van der Waals surface area (Å²) in [7, 11) is 0. The number of piperidine rings is 2. The van der Waals surface area contributed by atoms with Crippen molar-refractivity contribution >= 4 is 23.2 Å². The Balaban J connectivity index is 0.999. The van der Waals surface area contributed by atoms with E-state index in [4.69, 9.17) is 0 Å². The third-order valence-electron chi connectivity index (χ3n) is 7.80. The molecular formula is C27H38FN7O. The van der Waals surface area contributed by atoms with Crippen molar-refractivity contribution in [2.75, 3.05) is 80.1 Å². The maximum atomic E-state index is 14.0. The maximum absolute atomic E-state index is 14.0. The number of para-hydroxylation sites is 1. The minimum atomic E-state index is -0.161. The van der Waals surface area contributed by atoms with E-state index in [1.54, 1.807) is 6.07 Å². The normalized spacial score (nSPS) is 20.0. The zero-order chi connectivity index (χ0) is 24.7. The van der Waals surface area contributed by atoms with Crippen molar-refractivity contribution in [2.45, 2.75) is 32.1 Å². The van der Waals surface area contributed by atoms with Gasteiger partial charge in [0.2, 0.25) is 5.91 Å². The molecule has 3 fully saturated rings. The summed E-state index contributed by atoms with van der Waals surface area (Å²) in [4.78, 5) is 21.7. The van der Waals surface area contributed by atoms with Gasteiger partial charge in [0.15, 0.2) is 11.6 Å². The highest BCUT2D eigenvalue weighted by atomic mass is 19.1. The predicted molar refractivity (Wildman–Crippen MR) is 141 cm³/mol. The Bertz CT molecular complexity index is 982. The molecule has 3 saturated heterocycles. The lowest BCUT2D eigenvalue weighted by Crippen LogP contribution is -2.49. The number of amides is 1. The van der Waals surface area contributed by atoms with E-state index in [1.807, 2.05) is 12.1 Å². The van der Waals surface area contributed by atoms with Crippen molar-refractivity contribution in [2.24, 2.45) is 5.92 Å². The lowest BCUT2D eigenvalue weighted by molar-refractivity contribution is -0.125. The van der Waals surface area contributed by atoms with E-state index in [-0.39, 0.29) is 17.6 Å². The number of nitrogens with one attached hydrogen (secondary N) is 1. The van der Waals surface area contributed by atoms with Gasteiger partial charge in [0.1, 0.15) is 5.82 Å². The summed E-state index contributed by atoms with van der Waals surface area (Å²) < 4.78 is 14.0. The average molecular weight is 496 g/mol. The number of halogens is 1. The molecule has 8 nitrogen and oxygen atoms in total. The molecular weight excluding hydrogens is 457 g/mol. The molecule has 0 spiro atoms. The molecule has 5 rings (SSSR count). The van der Waals surface area contributed by atoms with E-state index in [1.165, 1.54) is 25.3 Å². The molecule has 0 atom stereocenters. The molecule has 1 N–H and O–H groups in total. The Hall–Kier alpha value is -2.94. The van der Waals surface area contributed by atoms with E-state index >= 15 is 0 Å². The summed E-state index contributed by atoms with van der Waals surface area (Å²) in [6, 6.07) is 11.1. The van der Waals surface area contributed by atoms with E-state index in [0.717, 1.165) is 83.4 Å². The first kappa shape index (κ1) is 24.7. The fourth-order valence-electron chi connectivity index (χ4n) is 5.55. The summed E-state index contributed by atoms with van der Waals surface area (Å²) >= 11 is 0. The second-order valence-electron chi connectivity index (χ2n) is 10.1. The van der Waals surface area contributed by atoms with Gasteiger partial charge in [0.25, 0.3) is 0 Å². The predicted octanol–water partition coefficient (Wildman–Crippen LogP) is 2.76. The number of carbonyl (C=O) groups is 1. The smallest absolute Gasteiger partial charge is 0.223 e. The highest BCUT2D eigenvalue weighted by molar-refractivity contribution is 5.79. The summed E-state index contributed by atoms with van der Waals surface area (Å²) in [6.45, 7) is 8.63. The number of carbonyl (C=O) groups excluding carboxylic acids is 1. The molecule has 0 aliphatic carbocycles. The number of hydrogen-bond acceptors (Lipinski definition) is 7. The number of anilines is 3. The van der Waals surface area contributed by atoms with Gasteiger partial charge in [-0.3, -0.25) is 9.69 Å². The van der Waals surface area contributed by atoms with E-state index < -0.39 is 0 Å². The minimum Gasteiger partial charge on any atom is -0.367 e. The molecule has 9 heteroatoms. The van der Waals surface area contributed by atoms with Crippen LogP contribution in [0.3, 0.4) is 0 Å². The fraction of sp³-hybridized carbons (Fsp3) is 0.593. The van der Waals surface area contributed by atoms with Crippen LogP contribution in [0.1, 0.15) is 32.1 Å². The molecule has 0 saturated carbocycles. The summed E-state index contributed by atoms with van der Waals surface area (Å²) in [5.41, 5.74) is 0.681. The summed E-state index contributed by atoms with van der Waals surface area (Å²) in [5, 5.41) is 12.1. The number of nitrogens with zero attached hydrogens (tertiary/aromatic N) is 6. The van der Waals surface area contributed by atoms with E-state index in [2.05, 4.69) is 47.2 Å². The fourth-order valence-corrected chi connectivity index (χ4v) is 5.55. The Morgan fingerprint density at radius 2 is 1.44 bits per heavy atom. The van der Waals surface area contributed by atoms with Crippen LogP contribution in [0.5, 0.6) is 0 Å². The number of piperazine rings is 1. The molecule has 1 amide bonds. The average Bonchev–Trinajstić information content (AvgIpc) is 2.94. The lowest BCUT2D eigenvalue weighted by Gasteiger charge is -2.36. The molecule has 194 valence electrons. The molecule has 36 heavy (non-hydrogen) atoms. The van der Waals surface area contributed by atoms with Crippen molar-refractivity contribution in [3.8, 4) is 0 Å². The van der Waals surface area contributed by atoms with Crippen LogP contribution >= 0.6 is 0 Å². The van der Waals surface area contributed by atoms with Crippen LogP contribution in [0.25, 0.3) is 0 Å². The molecule has 3 aliphatic rings. The van der Waals surface area contributed by atoms with Crippen LogP contribution < -0.4 is 20.0 Å². The van der Waals surface area contributed by atoms with Crippen LogP contribution in [0.2, 0.25) is 0 Å². The van der Waals surface area contributed by atoms with Gasteiger partial charge in [0, 0.05) is 71.4 Å². The van der Waals surface area contributed by atoms with Crippen LogP contribution in [-0.2, 0) is 4.79 Å². The first-order valence-electron chi connectivity index (χ1n) is 13.5. The van der Waals surface area contributed by atoms with Crippen molar-refractivity contribution in [1.82, 2.24) is 20.4 Å². The van der Waals surface area contributed by atoms with Crippen LogP contribution in [0.4, 0.5) is 21.7 Å². The Morgan fingerprint density at radius 1 is 0.806 bits per heavy atom. The third-order valence-corrected chi connectivity index (χ3v) is 7.80. The number of rotatable bonds is 7. The van der Waals surface area contributed by atoms with Gasteiger partial charge < -0.3 is 20.0 Å². The molecule has 3 aliphatic heterocycles. The zero-order valence-electron chi connectivity index (χ0n) is 21.1. The van der Waals surface area contributed by atoms with Crippen molar-refractivity contribution in [3.63, 3.8) is 0 Å². The van der Waals surface area contributed by atoms with E-state index in [0.29, 0.717) is 12.2 Å². The van der Waals surface area contributed by atoms with E-state index in [9.17, 15) is 9.18 Å². The van der Waals surface area contributed by atoms with Crippen LogP contribution in [-0.4, -0.2) is 86.5 Å². The molecule has 1 aromatic heterocycles. The second-order valence-corrected chi connectivity index (χ2v) is 10.1. The molecule has 0 unspecified atom stereocenters. The van der Waals surface area contributed by atoms with Crippen molar-refractivity contribution < 1.29 is 9.18 Å². The van der Waals surface area contributed by atoms with Gasteiger partial charge in [-0.05, 0) is 56.4 Å². The van der Waals surface area contributed by atoms with Crippen LogP contribution in [0, 0.1) is 11.7 Å². The Kier molecular flexibility index (Phi) is 8.15. The van der Waals surface area contributed by atoms with Gasteiger partial charge in [0.05, 0.1) is 5.69 Å². The molecule has 4 heterocycles. The topological polar surface area (TPSA) is 67.8 Å². The van der Waals surface area contributed by atoms with Crippen molar-refractivity contribution in [1.29, 1.82) is 0 Å². The lowest BCUT2D eigenvalue weighted by atomic mass is 9.96. The molecule has 0 radical (unpaired) electrons. The Morgan fingerprint density at radius 3 is 2.08 bits per heavy atom. The minimum absolute atomic E-state index is 0.0553. The molecule has 2 aromatic rings. The van der Waals surface area contributed by atoms with Gasteiger partial charge in [-0.1, -0.05) is 12.1 Å². The van der Waals surface area contributed by atoms with Gasteiger partial charge in [-0.25, -0.2) is 4.39 Å². The SMILES string of the molecule is O=C(NCCN1CCN(c2ccccc2F)CC1)C1CCN(c2ccc(N3CCCCC3)nn2)CC1. The molecule has 0 bridgehead atoms. The van der Waals surface area contributed by atoms with Gasteiger partial charge in [-0.15, -0.1) is 10.2 Å². The van der Waals surface area contributed by atoms with Gasteiger partial charge in [-0.2, -0.15) is 0 Å². The number of benzene rings is 1. The quantitative estimate of drug-likeness (QED) is 0.634. The monoisotopic (exact) mass is 495 g/mol. The largest absolute Gasteiger partial charge is 0.367 e. The highest BCUT2D eigenvalue weighted by Gasteiger charge is 2.26. The highest BCUT2D eigenvalue weighted by Crippen LogP contribution is 2.24. The van der Waals surface area contributed by atoms with Crippen LogP contribution in [0.15, 0.2) is 36.4 Å². The van der Waals surface area contributed by atoms with Crippen molar-refractivity contribution in [3.05, 3.63) is 42.2 Å². The number of hydrogen-bond donors (Lipinski definition) is 1. The molecule has 1 aromatic carbocycles. The second kappa shape index (κ2) is 11.9. The first-order valence-corrected chi connectivity index (χ1v) is 13.5. The first-order chi connectivity index (χ1) is 17.7. The number of aromatic nitrogens is 2. The third kappa shape index (κ3) is 6.06. The summed E-state index contributed by atoms with van der Waals surface area (Å²) in [5.74, 6) is 1.93. The van der Waals surface area contributed by atoms with Gasteiger partial charge >= 0.3 is 0 Å².